The molecule has 0 radical (unpaired) electrons. The van der Waals surface area contributed by atoms with Crippen molar-refractivity contribution in [3.05, 3.63) is 68.6 Å². The summed E-state index contributed by atoms with van der Waals surface area (Å²) in [4.78, 5) is 11.9. The highest BCUT2D eigenvalue weighted by Crippen LogP contribution is 2.16. The number of nitrogens with one attached hydrogen (secondary N) is 1. The lowest BCUT2D eigenvalue weighted by atomic mass is 10.2. The molecule has 0 saturated heterocycles. The van der Waals surface area contributed by atoms with E-state index in [0.717, 1.165) is 14.5 Å². The largest absolute Gasteiger partial charge is 0.348 e. The molecule has 2 aromatic rings. The zero-order chi connectivity index (χ0) is 13.0. The van der Waals surface area contributed by atoms with E-state index in [9.17, 15) is 4.79 Å². The van der Waals surface area contributed by atoms with E-state index in [1.54, 1.807) is 12.1 Å². The van der Waals surface area contributed by atoms with Crippen LogP contribution in [0.25, 0.3) is 0 Å². The van der Waals surface area contributed by atoms with Crippen molar-refractivity contribution >= 4 is 37.8 Å². The summed E-state index contributed by atoms with van der Waals surface area (Å²) in [6.07, 6.45) is 0. The van der Waals surface area contributed by atoms with Gasteiger partial charge in [0, 0.05) is 21.1 Å². The Bertz CT molecular complexity index is 552. The molecule has 0 atom stereocenters. The van der Waals surface area contributed by atoms with Gasteiger partial charge in [0.05, 0.1) is 0 Å². The van der Waals surface area contributed by atoms with E-state index in [0.29, 0.717) is 12.1 Å². The lowest BCUT2D eigenvalue weighted by Crippen LogP contribution is -2.22. The van der Waals surface area contributed by atoms with Crippen LogP contribution in [0.2, 0.25) is 0 Å². The number of halogens is 2. The SMILES string of the molecule is O=C(NCc1ccccc1Br)c1ccc(Br)cc1. The second-order valence-electron chi connectivity index (χ2n) is 3.78. The lowest BCUT2D eigenvalue weighted by Gasteiger charge is -2.07. The molecule has 0 bridgehead atoms. The van der Waals surface area contributed by atoms with E-state index >= 15 is 0 Å². The van der Waals surface area contributed by atoms with Crippen molar-refractivity contribution < 1.29 is 4.79 Å². The van der Waals surface area contributed by atoms with Gasteiger partial charge < -0.3 is 5.32 Å². The quantitative estimate of drug-likeness (QED) is 0.866. The van der Waals surface area contributed by atoms with Gasteiger partial charge in [-0.2, -0.15) is 0 Å². The molecule has 4 heteroatoms. The Balaban J connectivity index is 2.01. The standard InChI is InChI=1S/C14H11Br2NO/c15-12-7-5-10(6-8-12)14(18)17-9-11-3-1-2-4-13(11)16/h1-8H,9H2,(H,17,18). The van der Waals surface area contributed by atoms with Gasteiger partial charge in [-0.15, -0.1) is 0 Å². The van der Waals surface area contributed by atoms with Crippen molar-refractivity contribution in [2.75, 3.05) is 0 Å². The van der Waals surface area contributed by atoms with Gasteiger partial charge in [-0.05, 0) is 35.9 Å². The first-order valence-corrected chi connectivity index (χ1v) is 7.02. The maximum absolute atomic E-state index is 11.9. The van der Waals surface area contributed by atoms with Gasteiger partial charge in [0.1, 0.15) is 0 Å². The third-order valence-corrected chi connectivity index (χ3v) is 3.81. The Morgan fingerprint density at radius 3 is 2.33 bits per heavy atom. The molecule has 2 aromatic carbocycles. The third kappa shape index (κ3) is 3.43. The molecule has 0 aromatic heterocycles. The topological polar surface area (TPSA) is 29.1 Å². The van der Waals surface area contributed by atoms with E-state index in [4.69, 9.17) is 0 Å². The minimum atomic E-state index is -0.0711. The molecule has 18 heavy (non-hydrogen) atoms. The molecule has 2 rings (SSSR count). The summed E-state index contributed by atoms with van der Waals surface area (Å²) in [7, 11) is 0. The predicted octanol–water partition coefficient (Wildman–Crippen LogP) is 4.14. The van der Waals surface area contributed by atoms with Crippen molar-refractivity contribution in [3.8, 4) is 0 Å². The molecule has 0 unspecified atom stereocenters. The van der Waals surface area contributed by atoms with E-state index in [2.05, 4.69) is 37.2 Å². The van der Waals surface area contributed by atoms with E-state index in [1.807, 2.05) is 36.4 Å². The van der Waals surface area contributed by atoms with Crippen LogP contribution in [0.15, 0.2) is 57.5 Å². The fourth-order valence-electron chi connectivity index (χ4n) is 1.52. The number of rotatable bonds is 3. The van der Waals surface area contributed by atoms with Crippen LogP contribution in [0.5, 0.6) is 0 Å². The fraction of sp³-hybridized carbons (Fsp3) is 0.0714. The summed E-state index contributed by atoms with van der Waals surface area (Å²) in [6.45, 7) is 0.510. The molecule has 2 nitrogen and oxygen atoms in total. The molecule has 1 amide bonds. The van der Waals surface area contributed by atoms with E-state index in [-0.39, 0.29) is 5.91 Å². The number of amides is 1. The van der Waals surface area contributed by atoms with Gasteiger partial charge in [-0.1, -0.05) is 50.1 Å². The smallest absolute Gasteiger partial charge is 0.251 e. The molecule has 0 aliphatic rings. The Morgan fingerprint density at radius 2 is 1.67 bits per heavy atom. The molecule has 1 N–H and O–H groups in total. The van der Waals surface area contributed by atoms with Gasteiger partial charge in [-0.3, -0.25) is 4.79 Å². The van der Waals surface area contributed by atoms with Crippen LogP contribution in [0.3, 0.4) is 0 Å². The van der Waals surface area contributed by atoms with Crippen LogP contribution in [-0.4, -0.2) is 5.91 Å². The lowest BCUT2D eigenvalue weighted by molar-refractivity contribution is 0.0951. The molecule has 0 saturated carbocycles. The highest BCUT2D eigenvalue weighted by atomic mass is 79.9. The number of carbonyl (C=O) groups is 1. The van der Waals surface area contributed by atoms with Gasteiger partial charge in [0.2, 0.25) is 0 Å². The summed E-state index contributed by atoms with van der Waals surface area (Å²) < 4.78 is 1.96. The van der Waals surface area contributed by atoms with Gasteiger partial charge in [0.25, 0.3) is 5.91 Å². The minimum Gasteiger partial charge on any atom is -0.348 e. The summed E-state index contributed by atoms with van der Waals surface area (Å²) >= 11 is 6.80. The zero-order valence-corrected chi connectivity index (χ0v) is 12.7. The van der Waals surface area contributed by atoms with Crippen LogP contribution in [0.1, 0.15) is 15.9 Å². The normalized spacial score (nSPS) is 10.1. The number of hydrogen-bond donors (Lipinski definition) is 1. The first kappa shape index (κ1) is 13.3. The molecule has 0 heterocycles. The highest BCUT2D eigenvalue weighted by molar-refractivity contribution is 9.10. The van der Waals surface area contributed by atoms with Crippen LogP contribution in [-0.2, 0) is 6.54 Å². The molecular formula is C14H11Br2NO. The maximum Gasteiger partial charge on any atom is 0.251 e. The Kier molecular flexibility index (Phi) is 4.55. The average molecular weight is 369 g/mol. The zero-order valence-electron chi connectivity index (χ0n) is 9.49. The Labute approximate surface area is 123 Å². The Morgan fingerprint density at radius 1 is 1.00 bits per heavy atom. The molecule has 0 spiro atoms. The van der Waals surface area contributed by atoms with Crippen molar-refractivity contribution in [2.24, 2.45) is 0 Å². The molecular weight excluding hydrogens is 358 g/mol. The second-order valence-corrected chi connectivity index (χ2v) is 5.55. The Hall–Kier alpha value is -1.13. The van der Waals surface area contributed by atoms with Gasteiger partial charge >= 0.3 is 0 Å². The summed E-state index contributed by atoms with van der Waals surface area (Å²) in [5.41, 5.74) is 1.72. The predicted molar refractivity (Wildman–Crippen MR) is 79.5 cm³/mol. The van der Waals surface area contributed by atoms with E-state index in [1.165, 1.54) is 0 Å². The van der Waals surface area contributed by atoms with Crippen LogP contribution in [0, 0.1) is 0 Å². The third-order valence-electron chi connectivity index (χ3n) is 2.50. The molecule has 92 valence electrons. The van der Waals surface area contributed by atoms with Crippen molar-refractivity contribution in [1.82, 2.24) is 5.32 Å². The summed E-state index contributed by atoms with van der Waals surface area (Å²) in [5.74, 6) is -0.0711. The van der Waals surface area contributed by atoms with Gasteiger partial charge in [-0.25, -0.2) is 0 Å². The number of hydrogen-bond acceptors (Lipinski definition) is 1. The first-order valence-electron chi connectivity index (χ1n) is 5.44. The van der Waals surface area contributed by atoms with Crippen molar-refractivity contribution in [1.29, 1.82) is 0 Å². The van der Waals surface area contributed by atoms with Crippen molar-refractivity contribution in [2.45, 2.75) is 6.54 Å². The number of benzene rings is 2. The summed E-state index contributed by atoms with van der Waals surface area (Å²) in [6, 6.07) is 15.1. The maximum atomic E-state index is 11.9. The van der Waals surface area contributed by atoms with Crippen LogP contribution < -0.4 is 5.32 Å². The summed E-state index contributed by atoms with van der Waals surface area (Å²) in [5, 5.41) is 2.89. The highest BCUT2D eigenvalue weighted by Gasteiger charge is 2.05. The molecule has 0 aliphatic carbocycles. The fourth-order valence-corrected chi connectivity index (χ4v) is 2.21. The molecule has 0 fully saturated rings. The van der Waals surface area contributed by atoms with Gasteiger partial charge in [0.15, 0.2) is 0 Å². The average Bonchev–Trinajstić information content (AvgIpc) is 2.38. The first-order chi connectivity index (χ1) is 8.66. The molecule has 0 aliphatic heterocycles. The van der Waals surface area contributed by atoms with Crippen molar-refractivity contribution in [3.63, 3.8) is 0 Å². The van der Waals surface area contributed by atoms with Crippen LogP contribution in [0.4, 0.5) is 0 Å². The van der Waals surface area contributed by atoms with Crippen LogP contribution >= 0.6 is 31.9 Å². The minimum absolute atomic E-state index is 0.0711. The van der Waals surface area contributed by atoms with E-state index < -0.39 is 0 Å². The number of carbonyl (C=O) groups excluding carboxylic acids is 1. The monoisotopic (exact) mass is 367 g/mol. The second kappa shape index (κ2) is 6.16.